The van der Waals surface area contributed by atoms with Crippen molar-refractivity contribution < 1.29 is 4.74 Å². The molecule has 1 aliphatic rings. The largest absolute Gasteiger partial charge is 0.378 e. The molecule has 0 fully saturated rings. The number of aliphatic imine (C=N–C) groups is 1. The highest BCUT2D eigenvalue weighted by Gasteiger charge is 1.99. The van der Waals surface area contributed by atoms with E-state index in [4.69, 9.17) is 4.74 Å². The van der Waals surface area contributed by atoms with Gasteiger partial charge in [0.2, 0.25) is 0 Å². The standard InChI is InChI=1S/C7H12N2O/c1-9-4-3-8-7(5-9)6-10-2/h3,5H,4,6H2,1-2H3. The van der Waals surface area contributed by atoms with E-state index in [-0.39, 0.29) is 0 Å². The van der Waals surface area contributed by atoms with Gasteiger partial charge in [-0.05, 0) is 0 Å². The summed E-state index contributed by atoms with van der Waals surface area (Å²) < 4.78 is 4.92. The molecule has 0 saturated carbocycles. The fourth-order valence-corrected chi connectivity index (χ4v) is 0.850. The highest BCUT2D eigenvalue weighted by molar-refractivity contribution is 5.62. The normalized spacial score (nSPS) is 17.4. The van der Waals surface area contributed by atoms with Crippen LogP contribution in [0.25, 0.3) is 0 Å². The SMILES string of the molecule is COCC1=CN(C)CC=N1. The van der Waals surface area contributed by atoms with Gasteiger partial charge in [0.25, 0.3) is 0 Å². The highest BCUT2D eigenvalue weighted by Crippen LogP contribution is 2.02. The predicted octanol–water partition coefficient (Wildman–Crippen LogP) is 0.490. The maximum Gasteiger partial charge on any atom is 0.0898 e. The molecule has 0 atom stereocenters. The first-order chi connectivity index (χ1) is 4.83. The topological polar surface area (TPSA) is 24.8 Å². The van der Waals surface area contributed by atoms with E-state index >= 15 is 0 Å². The van der Waals surface area contributed by atoms with Crippen molar-refractivity contribution in [3.05, 3.63) is 11.9 Å². The summed E-state index contributed by atoms with van der Waals surface area (Å²) in [6.07, 6.45) is 3.87. The van der Waals surface area contributed by atoms with Crippen LogP contribution in [-0.2, 0) is 4.74 Å². The lowest BCUT2D eigenvalue weighted by Crippen LogP contribution is -2.18. The molecular weight excluding hydrogens is 128 g/mol. The van der Waals surface area contributed by atoms with Crippen LogP contribution in [0.5, 0.6) is 0 Å². The van der Waals surface area contributed by atoms with Gasteiger partial charge in [-0.1, -0.05) is 0 Å². The molecular formula is C7H12N2O. The zero-order valence-corrected chi connectivity index (χ0v) is 6.37. The average Bonchev–Trinajstić information content (AvgIpc) is 1.88. The van der Waals surface area contributed by atoms with Gasteiger partial charge in [0.05, 0.1) is 18.8 Å². The fourth-order valence-electron chi connectivity index (χ4n) is 0.850. The van der Waals surface area contributed by atoms with Gasteiger partial charge in [0.1, 0.15) is 0 Å². The second-order valence-corrected chi connectivity index (χ2v) is 2.30. The molecule has 1 heterocycles. The Morgan fingerprint density at radius 2 is 2.60 bits per heavy atom. The van der Waals surface area contributed by atoms with Gasteiger partial charge in [-0.2, -0.15) is 0 Å². The number of ether oxygens (including phenoxy) is 1. The van der Waals surface area contributed by atoms with Crippen LogP contribution in [0, 0.1) is 0 Å². The Labute approximate surface area is 61.0 Å². The van der Waals surface area contributed by atoms with Crippen molar-refractivity contribution in [2.24, 2.45) is 4.99 Å². The van der Waals surface area contributed by atoms with Gasteiger partial charge in [0, 0.05) is 26.6 Å². The summed E-state index contributed by atoms with van der Waals surface area (Å²) in [7, 11) is 3.69. The van der Waals surface area contributed by atoms with E-state index in [0.717, 1.165) is 12.2 Å². The Kier molecular flexibility index (Phi) is 2.45. The molecule has 0 saturated heterocycles. The summed E-state index contributed by atoms with van der Waals surface area (Å²) in [4.78, 5) is 6.21. The third-order valence-electron chi connectivity index (χ3n) is 1.29. The van der Waals surface area contributed by atoms with E-state index in [1.807, 2.05) is 19.5 Å². The molecule has 56 valence electrons. The van der Waals surface area contributed by atoms with Crippen LogP contribution in [0.3, 0.4) is 0 Å². The van der Waals surface area contributed by atoms with E-state index in [1.54, 1.807) is 7.11 Å². The van der Waals surface area contributed by atoms with Crippen LogP contribution in [0.15, 0.2) is 16.9 Å². The monoisotopic (exact) mass is 140 g/mol. The molecule has 0 radical (unpaired) electrons. The van der Waals surface area contributed by atoms with Crippen molar-refractivity contribution in [1.29, 1.82) is 0 Å². The lowest BCUT2D eigenvalue weighted by molar-refractivity contribution is 0.222. The Hall–Kier alpha value is -0.830. The van der Waals surface area contributed by atoms with E-state index in [2.05, 4.69) is 9.89 Å². The maximum atomic E-state index is 4.92. The molecule has 0 aromatic rings. The van der Waals surface area contributed by atoms with Gasteiger partial charge >= 0.3 is 0 Å². The van der Waals surface area contributed by atoms with Crippen molar-refractivity contribution in [3.8, 4) is 0 Å². The zero-order valence-electron chi connectivity index (χ0n) is 6.37. The minimum absolute atomic E-state index is 0.598. The Morgan fingerprint density at radius 3 is 3.20 bits per heavy atom. The van der Waals surface area contributed by atoms with Crippen molar-refractivity contribution in [3.63, 3.8) is 0 Å². The Bertz CT molecular complexity index is 163. The minimum atomic E-state index is 0.598. The van der Waals surface area contributed by atoms with Crippen LogP contribution >= 0.6 is 0 Å². The summed E-state index contributed by atoms with van der Waals surface area (Å²) in [5, 5.41) is 0. The molecule has 0 aromatic carbocycles. The molecule has 10 heavy (non-hydrogen) atoms. The second kappa shape index (κ2) is 3.37. The molecule has 3 nitrogen and oxygen atoms in total. The molecule has 3 heteroatoms. The van der Waals surface area contributed by atoms with Crippen LogP contribution in [-0.4, -0.2) is 38.4 Å². The van der Waals surface area contributed by atoms with Gasteiger partial charge in [-0.15, -0.1) is 0 Å². The van der Waals surface area contributed by atoms with E-state index in [9.17, 15) is 0 Å². The zero-order chi connectivity index (χ0) is 7.40. The van der Waals surface area contributed by atoms with Gasteiger partial charge in [-0.3, -0.25) is 4.99 Å². The Balaban J connectivity index is 2.49. The quantitative estimate of drug-likeness (QED) is 0.557. The van der Waals surface area contributed by atoms with E-state index in [0.29, 0.717) is 6.61 Å². The first-order valence-corrected chi connectivity index (χ1v) is 3.25. The average molecular weight is 140 g/mol. The van der Waals surface area contributed by atoms with Crippen molar-refractivity contribution in [2.45, 2.75) is 0 Å². The van der Waals surface area contributed by atoms with Crippen molar-refractivity contribution in [2.75, 3.05) is 27.3 Å². The third kappa shape index (κ3) is 1.84. The fraction of sp³-hybridized carbons (Fsp3) is 0.571. The van der Waals surface area contributed by atoms with Crippen LogP contribution < -0.4 is 0 Å². The second-order valence-electron chi connectivity index (χ2n) is 2.30. The summed E-state index contributed by atoms with van der Waals surface area (Å²) in [5.41, 5.74) is 0.983. The summed E-state index contributed by atoms with van der Waals surface area (Å²) in [6, 6.07) is 0. The van der Waals surface area contributed by atoms with Crippen LogP contribution in [0.4, 0.5) is 0 Å². The summed E-state index contributed by atoms with van der Waals surface area (Å²) >= 11 is 0. The van der Waals surface area contributed by atoms with Crippen LogP contribution in [0.2, 0.25) is 0 Å². The third-order valence-corrected chi connectivity index (χ3v) is 1.29. The first-order valence-electron chi connectivity index (χ1n) is 3.25. The van der Waals surface area contributed by atoms with Crippen molar-refractivity contribution in [1.82, 2.24) is 4.90 Å². The number of hydrogen-bond acceptors (Lipinski definition) is 3. The molecule has 0 aliphatic carbocycles. The smallest absolute Gasteiger partial charge is 0.0898 e. The number of rotatable bonds is 2. The summed E-state index contributed by atoms with van der Waals surface area (Å²) in [6.45, 7) is 1.49. The summed E-state index contributed by atoms with van der Waals surface area (Å²) in [5.74, 6) is 0. The molecule has 1 rings (SSSR count). The highest BCUT2D eigenvalue weighted by atomic mass is 16.5. The van der Waals surface area contributed by atoms with Crippen molar-refractivity contribution >= 4 is 6.21 Å². The molecule has 0 spiro atoms. The van der Waals surface area contributed by atoms with Gasteiger partial charge in [0.15, 0.2) is 0 Å². The molecule has 0 N–H and O–H groups in total. The molecule has 0 bridgehead atoms. The van der Waals surface area contributed by atoms with Gasteiger partial charge < -0.3 is 9.64 Å². The number of methoxy groups -OCH3 is 1. The maximum absolute atomic E-state index is 4.92. The minimum Gasteiger partial charge on any atom is -0.378 e. The lowest BCUT2D eigenvalue weighted by atomic mass is 10.4. The van der Waals surface area contributed by atoms with Gasteiger partial charge in [-0.25, -0.2) is 0 Å². The van der Waals surface area contributed by atoms with E-state index in [1.165, 1.54) is 0 Å². The lowest BCUT2D eigenvalue weighted by Gasteiger charge is -2.16. The Morgan fingerprint density at radius 1 is 1.80 bits per heavy atom. The first kappa shape index (κ1) is 7.28. The van der Waals surface area contributed by atoms with Crippen LogP contribution in [0.1, 0.15) is 0 Å². The molecule has 1 aliphatic heterocycles. The number of nitrogens with zero attached hydrogens (tertiary/aromatic N) is 2. The predicted molar refractivity (Wildman–Crippen MR) is 41.1 cm³/mol. The molecule has 0 amide bonds. The van der Waals surface area contributed by atoms with E-state index < -0.39 is 0 Å². The molecule has 0 unspecified atom stereocenters. The molecule has 0 aromatic heterocycles. The number of hydrogen-bond donors (Lipinski definition) is 0.